The number of allylic oxidation sites excluding steroid dienone is 3. The highest BCUT2D eigenvalue weighted by Gasteiger charge is 2.27. The number of aliphatic hydroxyl groups is 1. The summed E-state index contributed by atoms with van der Waals surface area (Å²) < 4.78 is 0. The molecule has 0 saturated heterocycles. The summed E-state index contributed by atoms with van der Waals surface area (Å²) in [5.74, 6) is 1.18. The number of carbonyl (C=O) groups is 1. The number of carboxylic acid groups (broad SMARTS) is 1. The average Bonchev–Trinajstić information content (AvgIpc) is 2.71. The van der Waals surface area contributed by atoms with Gasteiger partial charge < -0.3 is 15.0 Å². The highest BCUT2D eigenvalue weighted by molar-refractivity contribution is 5.66. The van der Waals surface area contributed by atoms with Gasteiger partial charge in [0.2, 0.25) is 0 Å². The lowest BCUT2D eigenvalue weighted by atomic mass is 9.78. The number of carbonyl (C=O) groups excluding carboxylic acids is 1. The second kappa shape index (κ2) is 14.9. The Morgan fingerprint density at radius 1 is 1.10 bits per heavy atom. The van der Waals surface area contributed by atoms with Gasteiger partial charge in [0.05, 0.1) is 6.10 Å². The summed E-state index contributed by atoms with van der Waals surface area (Å²) in [5.41, 5.74) is 2.66. The molecule has 0 aromatic rings. The number of rotatable bonds is 15. The van der Waals surface area contributed by atoms with E-state index in [0.29, 0.717) is 18.3 Å². The first-order chi connectivity index (χ1) is 14.6. The van der Waals surface area contributed by atoms with Crippen LogP contribution in [0, 0.1) is 29.6 Å². The molecular weight excluding hydrogens is 384 g/mol. The minimum Gasteiger partial charge on any atom is -0.550 e. The topological polar surface area (TPSA) is 60.4 Å². The Morgan fingerprint density at radius 3 is 2.39 bits per heavy atom. The predicted octanol–water partition coefficient (Wildman–Crippen LogP) is 6.46. The Hall–Kier alpha value is -1.09. The van der Waals surface area contributed by atoms with Crippen molar-refractivity contribution in [2.45, 2.75) is 118 Å². The largest absolute Gasteiger partial charge is 0.550 e. The Bertz CT molecular complexity index is 577. The van der Waals surface area contributed by atoms with E-state index >= 15 is 0 Å². The zero-order chi connectivity index (χ0) is 23.4. The molecule has 0 radical (unpaired) electrons. The number of aliphatic carboxylic acids is 1. The molecule has 3 heteroatoms. The van der Waals surface area contributed by atoms with E-state index < -0.39 is 5.97 Å². The molecule has 180 valence electrons. The minimum absolute atomic E-state index is 0.231. The molecule has 0 amide bonds. The van der Waals surface area contributed by atoms with Crippen LogP contribution in [0.15, 0.2) is 23.3 Å². The first-order valence-corrected chi connectivity index (χ1v) is 12.8. The molecule has 0 aromatic heterocycles. The number of aliphatic hydroxyl groups excluding tert-OH is 1. The second-order valence-electron chi connectivity index (χ2n) is 10.7. The zero-order valence-corrected chi connectivity index (χ0v) is 21.2. The van der Waals surface area contributed by atoms with E-state index in [1.807, 2.05) is 0 Å². The fraction of sp³-hybridized carbons (Fsp3) is 0.821. The molecule has 1 aliphatic rings. The van der Waals surface area contributed by atoms with Crippen molar-refractivity contribution < 1.29 is 15.0 Å². The molecule has 0 aliphatic heterocycles. The van der Waals surface area contributed by atoms with Gasteiger partial charge in [0.25, 0.3) is 0 Å². The van der Waals surface area contributed by atoms with Crippen LogP contribution in [0.1, 0.15) is 112 Å². The molecule has 6 atom stereocenters. The van der Waals surface area contributed by atoms with Gasteiger partial charge in [0.1, 0.15) is 0 Å². The summed E-state index contributed by atoms with van der Waals surface area (Å²) in [4.78, 5) is 10.8. The lowest BCUT2D eigenvalue weighted by Crippen LogP contribution is -2.29. The Kier molecular flexibility index (Phi) is 13.4. The third-order valence-corrected chi connectivity index (χ3v) is 7.61. The predicted molar refractivity (Wildman–Crippen MR) is 129 cm³/mol. The average molecular weight is 434 g/mol. The molecule has 1 rings (SSSR count). The van der Waals surface area contributed by atoms with Crippen molar-refractivity contribution in [1.82, 2.24) is 0 Å². The van der Waals surface area contributed by atoms with Crippen LogP contribution in [0.4, 0.5) is 0 Å². The van der Waals surface area contributed by atoms with Gasteiger partial charge in [0, 0.05) is 5.97 Å². The second-order valence-corrected chi connectivity index (χ2v) is 10.7. The molecule has 0 fully saturated rings. The summed E-state index contributed by atoms with van der Waals surface area (Å²) in [5, 5.41) is 21.2. The van der Waals surface area contributed by atoms with Gasteiger partial charge in [0.15, 0.2) is 0 Å². The number of hydrogen-bond donors (Lipinski definition) is 1. The maximum Gasteiger partial charge on any atom is 0.0778 e. The van der Waals surface area contributed by atoms with Crippen LogP contribution in [0.2, 0.25) is 0 Å². The van der Waals surface area contributed by atoms with Crippen LogP contribution in [0.3, 0.4) is 0 Å². The zero-order valence-electron chi connectivity index (χ0n) is 21.2. The van der Waals surface area contributed by atoms with Crippen LogP contribution in [-0.2, 0) is 4.79 Å². The molecule has 1 N–H and O–H groups in total. The summed E-state index contributed by atoms with van der Waals surface area (Å²) >= 11 is 0. The van der Waals surface area contributed by atoms with E-state index in [1.54, 1.807) is 6.92 Å². The van der Waals surface area contributed by atoms with Gasteiger partial charge in [-0.05, 0) is 93.5 Å². The van der Waals surface area contributed by atoms with Crippen molar-refractivity contribution in [2.24, 2.45) is 29.6 Å². The smallest absolute Gasteiger partial charge is 0.0778 e. The first-order valence-electron chi connectivity index (χ1n) is 12.8. The monoisotopic (exact) mass is 433 g/mol. The molecular formula is C28H49O3-. The van der Waals surface area contributed by atoms with Crippen LogP contribution in [-0.4, -0.2) is 17.2 Å². The fourth-order valence-electron chi connectivity index (χ4n) is 4.61. The Labute approximate surface area is 192 Å². The highest BCUT2D eigenvalue weighted by Crippen LogP contribution is 2.32. The van der Waals surface area contributed by atoms with Crippen LogP contribution < -0.4 is 5.11 Å². The van der Waals surface area contributed by atoms with Gasteiger partial charge >= 0.3 is 0 Å². The van der Waals surface area contributed by atoms with Crippen LogP contribution >= 0.6 is 0 Å². The summed E-state index contributed by atoms with van der Waals surface area (Å²) in [6, 6.07) is 0. The Balaban J connectivity index is 2.14. The molecule has 0 spiro atoms. The molecule has 0 heterocycles. The molecule has 1 aliphatic carbocycles. The lowest BCUT2D eigenvalue weighted by Gasteiger charge is -2.31. The third-order valence-electron chi connectivity index (χ3n) is 7.61. The fourth-order valence-corrected chi connectivity index (χ4v) is 4.61. The first kappa shape index (κ1) is 27.9. The maximum absolute atomic E-state index is 10.8. The van der Waals surface area contributed by atoms with Gasteiger partial charge in [-0.25, -0.2) is 0 Å². The normalized spacial score (nSPS) is 25.1. The maximum atomic E-state index is 10.8. The van der Waals surface area contributed by atoms with Crippen molar-refractivity contribution in [3.63, 3.8) is 0 Å². The van der Waals surface area contributed by atoms with E-state index in [4.69, 9.17) is 0 Å². The van der Waals surface area contributed by atoms with Crippen molar-refractivity contribution in [2.75, 3.05) is 0 Å². The van der Waals surface area contributed by atoms with E-state index in [-0.39, 0.29) is 12.0 Å². The molecule has 3 nitrogen and oxygen atoms in total. The van der Waals surface area contributed by atoms with Crippen LogP contribution in [0.25, 0.3) is 0 Å². The standard InChI is InChI=1S/C28H50O3/c1-20(10-7-11-21(2)14-9-15-24(5)28(30)31)12-8-13-22(3)16-18-26-19-17-23(4)25(6)27(26)29/h11,19-20,22-25,27,29H,7-10,12-18H2,1-6H3,(H,30,31)/p-1/b21-11+. The number of carboxylic acids is 1. The van der Waals surface area contributed by atoms with Crippen molar-refractivity contribution in [1.29, 1.82) is 0 Å². The number of hydrogen-bond acceptors (Lipinski definition) is 3. The quantitative estimate of drug-likeness (QED) is 0.302. The third kappa shape index (κ3) is 11.4. The van der Waals surface area contributed by atoms with Crippen molar-refractivity contribution in [3.8, 4) is 0 Å². The van der Waals surface area contributed by atoms with E-state index in [9.17, 15) is 15.0 Å². The summed E-state index contributed by atoms with van der Waals surface area (Å²) in [6.45, 7) is 13.0. The highest BCUT2D eigenvalue weighted by atomic mass is 16.4. The molecule has 6 unspecified atom stereocenters. The van der Waals surface area contributed by atoms with Crippen molar-refractivity contribution in [3.05, 3.63) is 23.3 Å². The van der Waals surface area contributed by atoms with E-state index in [0.717, 1.165) is 43.9 Å². The summed E-state index contributed by atoms with van der Waals surface area (Å²) in [7, 11) is 0. The lowest BCUT2D eigenvalue weighted by molar-refractivity contribution is -0.311. The SMILES string of the molecule is C/C(=C\CCC(C)CCCC(C)CCC1=CCC(C)C(C)C1O)CCCC(C)C(=O)[O-]. The summed E-state index contributed by atoms with van der Waals surface area (Å²) in [6.07, 6.45) is 16.6. The van der Waals surface area contributed by atoms with Crippen molar-refractivity contribution >= 4 is 5.97 Å². The van der Waals surface area contributed by atoms with Gasteiger partial charge in [-0.1, -0.05) is 71.6 Å². The minimum atomic E-state index is -0.933. The van der Waals surface area contributed by atoms with E-state index in [2.05, 4.69) is 46.8 Å². The molecule has 0 bridgehead atoms. The van der Waals surface area contributed by atoms with Gasteiger partial charge in [-0.3, -0.25) is 0 Å². The molecule has 0 aromatic carbocycles. The van der Waals surface area contributed by atoms with Gasteiger partial charge in [-0.15, -0.1) is 0 Å². The van der Waals surface area contributed by atoms with E-state index in [1.165, 1.54) is 43.3 Å². The molecule has 0 saturated carbocycles. The van der Waals surface area contributed by atoms with Gasteiger partial charge in [-0.2, -0.15) is 0 Å². The van der Waals surface area contributed by atoms with Crippen LogP contribution in [0.5, 0.6) is 0 Å². The Morgan fingerprint density at radius 2 is 1.74 bits per heavy atom. The molecule has 31 heavy (non-hydrogen) atoms.